The van der Waals surface area contributed by atoms with E-state index in [2.05, 4.69) is 25.7 Å². The second-order valence-corrected chi connectivity index (χ2v) is 7.72. The lowest BCUT2D eigenvalue weighted by molar-refractivity contribution is -0.121. The highest BCUT2D eigenvalue weighted by Gasteiger charge is 2.30. The highest BCUT2D eigenvalue weighted by Crippen LogP contribution is 2.35. The Labute approximate surface area is 175 Å². The molecule has 0 saturated carbocycles. The Morgan fingerprint density at radius 3 is 2.54 bits per heavy atom. The van der Waals surface area contributed by atoms with E-state index in [-0.39, 0.29) is 5.91 Å². The van der Waals surface area contributed by atoms with Gasteiger partial charge < -0.3 is 9.47 Å². The molecule has 0 bridgehead atoms. The van der Waals surface area contributed by atoms with Crippen molar-refractivity contribution in [2.45, 2.75) is 0 Å². The summed E-state index contributed by atoms with van der Waals surface area (Å²) < 4.78 is 10.9. The van der Waals surface area contributed by atoms with Gasteiger partial charge in [0.05, 0.1) is 30.4 Å². The molecule has 1 aliphatic rings. The first-order chi connectivity index (χ1) is 13.4. The van der Waals surface area contributed by atoms with Crippen molar-refractivity contribution in [2.24, 2.45) is 4.99 Å². The zero-order valence-corrected chi connectivity index (χ0v) is 17.8. The van der Waals surface area contributed by atoms with Crippen LogP contribution >= 0.6 is 27.7 Å². The van der Waals surface area contributed by atoms with Crippen LogP contribution in [0.4, 0.5) is 5.69 Å². The van der Waals surface area contributed by atoms with E-state index in [9.17, 15) is 9.59 Å². The number of ether oxygens (including phenoxy) is 2. The molecule has 3 rings (SSSR count). The van der Waals surface area contributed by atoms with Gasteiger partial charge in [0.2, 0.25) is 0 Å². The van der Waals surface area contributed by atoms with Gasteiger partial charge in [-0.15, -0.1) is 0 Å². The van der Waals surface area contributed by atoms with Crippen LogP contribution in [-0.2, 0) is 9.53 Å². The Balaban J connectivity index is 1.88. The monoisotopic (exact) mass is 460 g/mol. The van der Waals surface area contributed by atoms with Crippen molar-refractivity contribution in [3.05, 3.63) is 63.0 Å². The summed E-state index contributed by atoms with van der Waals surface area (Å²) in [6.07, 6.45) is 1.79. The van der Waals surface area contributed by atoms with Crippen molar-refractivity contribution >= 4 is 56.5 Å². The molecular formula is C20H17BrN2O4S. The number of carbonyl (C=O) groups is 2. The van der Waals surface area contributed by atoms with Crippen LogP contribution in [0.15, 0.2) is 56.8 Å². The molecule has 0 spiro atoms. The summed E-state index contributed by atoms with van der Waals surface area (Å²) in [6, 6.07) is 12.3. The SMILES string of the molecule is COC(=O)c1ccc(N=C2S/C(=C\c3cc(Br)ccc3OC)C(=O)N2C)cc1. The Kier molecular flexibility index (Phi) is 6.21. The van der Waals surface area contributed by atoms with Crippen LogP contribution in [0.3, 0.4) is 0 Å². The van der Waals surface area contributed by atoms with E-state index >= 15 is 0 Å². The molecule has 0 aliphatic carbocycles. The number of likely N-dealkylation sites (N-methyl/N-ethyl adjacent to an activating group) is 1. The molecule has 144 valence electrons. The number of amides is 1. The average molecular weight is 461 g/mol. The van der Waals surface area contributed by atoms with Crippen LogP contribution in [0.2, 0.25) is 0 Å². The summed E-state index contributed by atoms with van der Waals surface area (Å²) in [6.45, 7) is 0. The smallest absolute Gasteiger partial charge is 0.337 e. The number of amidine groups is 1. The Bertz CT molecular complexity index is 986. The van der Waals surface area contributed by atoms with Gasteiger partial charge >= 0.3 is 5.97 Å². The van der Waals surface area contributed by atoms with E-state index in [1.165, 1.54) is 23.8 Å². The molecule has 0 atom stereocenters. The number of thioether (sulfide) groups is 1. The molecular weight excluding hydrogens is 444 g/mol. The lowest BCUT2D eigenvalue weighted by Gasteiger charge is -2.07. The van der Waals surface area contributed by atoms with Crippen molar-refractivity contribution in [1.82, 2.24) is 4.90 Å². The Morgan fingerprint density at radius 2 is 1.89 bits per heavy atom. The molecule has 0 N–H and O–H groups in total. The van der Waals surface area contributed by atoms with Crippen LogP contribution in [0.1, 0.15) is 15.9 Å². The van der Waals surface area contributed by atoms with Gasteiger partial charge in [-0.1, -0.05) is 15.9 Å². The summed E-state index contributed by atoms with van der Waals surface area (Å²) >= 11 is 4.72. The second kappa shape index (κ2) is 8.62. The second-order valence-electron chi connectivity index (χ2n) is 5.79. The minimum absolute atomic E-state index is 0.142. The summed E-state index contributed by atoms with van der Waals surface area (Å²) in [5.41, 5.74) is 1.87. The third-order valence-electron chi connectivity index (χ3n) is 4.00. The van der Waals surface area contributed by atoms with Crippen molar-refractivity contribution in [2.75, 3.05) is 21.3 Å². The standard InChI is InChI=1S/C20H17BrN2O4S/c1-23-18(24)17(11-13-10-14(21)6-9-16(13)26-2)28-20(23)22-15-7-4-12(5-8-15)19(25)27-3/h4-11H,1-3H3/b17-11-,22-20?. The summed E-state index contributed by atoms with van der Waals surface area (Å²) in [7, 11) is 4.60. The zero-order valence-electron chi connectivity index (χ0n) is 15.4. The quantitative estimate of drug-likeness (QED) is 0.496. The highest BCUT2D eigenvalue weighted by molar-refractivity contribution is 9.10. The van der Waals surface area contributed by atoms with Crippen molar-refractivity contribution in [3.63, 3.8) is 0 Å². The maximum Gasteiger partial charge on any atom is 0.337 e. The molecule has 1 fully saturated rings. The van der Waals surface area contributed by atoms with Crippen LogP contribution in [0.5, 0.6) is 5.75 Å². The minimum Gasteiger partial charge on any atom is -0.496 e. The number of hydrogen-bond acceptors (Lipinski definition) is 6. The van der Waals surface area contributed by atoms with Crippen LogP contribution in [0, 0.1) is 0 Å². The number of aliphatic imine (C=N–C) groups is 1. The Hall–Kier alpha value is -2.58. The molecule has 6 nitrogen and oxygen atoms in total. The van der Waals surface area contributed by atoms with Gasteiger partial charge in [-0.2, -0.15) is 0 Å². The number of rotatable bonds is 4. The van der Waals surface area contributed by atoms with Crippen LogP contribution < -0.4 is 4.74 Å². The van der Waals surface area contributed by atoms with Crippen molar-refractivity contribution < 1.29 is 19.1 Å². The number of nitrogens with zero attached hydrogens (tertiary/aromatic N) is 2. The summed E-state index contributed by atoms with van der Waals surface area (Å²) in [5.74, 6) is 0.127. The fourth-order valence-corrected chi connectivity index (χ4v) is 3.87. The third kappa shape index (κ3) is 4.28. The fourth-order valence-electron chi connectivity index (χ4n) is 2.51. The predicted octanol–water partition coefficient (Wildman–Crippen LogP) is 4.48. The zero-order chi connectivity index (χ0) is 20.3. The molecule has 2 aromatic carbocycles. The maximum absolute atomic E-state index is 12.6. The molecule has 0 unspecified atom stereocenters. The minimum atomic E-state index is -0.407. The number of halogens is 1. The highest BCUT2D eigenvalue weighted by atomic mass is 79.9. The number of benzene rings is 2. The van der Waals surface area contributed by atoms with Gasteiger partial charge in [-0.05, 0) is 60.3 Å². The first-order valence-electron chi connectivity index (χ1n) is 8.21. The van der Waals surface area contributed by atoms with Gasteiger partial charge in [0.15, 0.2) is 5.17 Å². The molecule has 2 aromatic rings. The number of esters is 1. The van der Waals surface area contributed by atoms with E-state index in [0.29, 0.717) is 27.1 Å². The number of hydrogen-bond donors (Lipinski definition) is 0. The van der Waals surface area contributed by atoms with Gasteiger partial charge in [-0.25, -0.2) is 9.79 Å². The van der Waals surface area contributed by atoms with Gasteiger partial charge in [-0.3, -0.25) is 9.69 Å². The molecule has 1 aliphatic heterocycles. The lowest BCUT2D eigenvalue weighted by atomic mass is 10.2. The maximum atomic E-state index is 12.6. The van der Waals surface area contributed by atoms with Crippen LogP contribution in [-0.4, -0.2) is 43.2 Å². The molecule has 1 heterocycles. The summed E-state index contributed by atoms with van der Waals surface area (Å²) in [4.78, 5) is 30.7. The fraction of sp³-hybridized carbons (Fsp3) is 0.150. The van der Waals surface area contributed by atoms with E-state index in [1.54, 1.807) is 44.5 Å². The molecule has 0 radical (unpaired) electrons. The van der Waals surface area contributed by atoms with Crippen LogP contribution in [0.25, 0.3) is 6.08 Å². The molecule has 28 heavy (non-hydrogen) atoms. The normalized spacial score (nSPS) is 16.7. The van der Waals surface area contributed by atoms with E-state index < -0.39 is 5.97 Å². The average Bonchev–Trinajstić information content (AvgIpc) is 2.96. The van der Waals surface area contributed by atoms with E-state index in [4.69, 9.17) is 4.74 Å². The number of carbonyl (C=O) groups excluding carboxylic acids is 2. The van der Waals surface area contributed by atoms with Crippen molar-refractivity contribution in [3.8, 4) is 5.75 Å². The molecule has 0 aromatic heterocycles. The Morgan fingerprint density at radius 1 is 1.18 bits per heavy atom. The van der Waals surface area contributed by atoms with E-state index in [1.807, 2.05) is 18.2 Å². The first kappa shape index (κ1) is 20.2. The molecule has 1 amide bonds. The lowest BCUT2D eigenvalue weighted by Crippen LogP contribution is -2.23. The van der Waals surface area contributed by atoms with Crippen molar-refractivity contribution in [1.29, 1.82) is 0 Å². The topological polar surface area (TPSA) is 68.2 Å². The van der Waals surface area contributed by atoms with Gasteiger partial charge in [0, 0.05) is 17.1 Å². The van der Waals surface area contributed by atoms with Gasteiger partial charge in [0.1, 0.15) is 5.75 Å². The largest absolute Gasteiger partial charge is 0.496 e. The van der Waals surface area contributed by atoms with E-state index in [0.717, 1.165) is 10.0 Å². The van der Waals surface area contributed by atoms with Gasteiger partial charge in [0.25, 0.3) is 5.91 Å². The predicted molar refractivity (Wildman–Crippen MR) is 114 cm³/mol. The summed E-state index contributed by atoms with van der Waals surface area (Å²) in [5, 5.41) is 0.552. The number of methoxy groups -OCH3 is 2. The molecule has 8 heteroatoms. The molecule has 1 saturated heterocycles. The third-order valence-corrected chi connectivity index (χ3v) is 5.55. The first-order valence-corrected chi connectivity index (χ1v) is 9.82.